The van der Waals surface area contributed by atoms with Gasteiger partial charge in [-0.25, -0.2) is 0 Å². The lowest BCUT2D eigenvalue weighted by Gasteiger charge is -2.65. The third-order valence-corrected chi connectivity index (χ3v) is 29.3. The second kappa shape index (κ2) is 66.6. The molecule has 0 atom stereocenters. The van der Waals surface area contributed by atoms with Crippen LogP contribution in [0.15, 0.2) is 0 Å². The topological polar surface area (TPSA) is 0 Å². The van der Waals surface area contributed by atoms with Crippen molar-refractivity contribution in [3.8, 4) is 0 Å². The summed E-state index contributed by atoms with van der Waals surface area (Å²) >= 11 is 0. The van der Waals surface area contributed by atoms with Gasteiger partial charge in [-0.15, -0.1) is 0 Å². The quantitative estimate of drug-likeness (QED) is 0.0533. The minimum absolute atomic E-state index is 2.05. The molecule has 136 heteroatoms. The third kappa shape index (κ3) is 38.6. The van der Waals surface area contributed by atoms with Gasteiger partial charge in [0.05, 0.1) is 0 Å². The van der Waals surface area contributed by atoms with E-state index in [-0.39, 0.29) is 0 Å². The molecule has 0 rings (SSSR count). The summed E-state index contributed by atoms with van der Waals surface area (Å²) in [4.78, 5) is 0. The first kappa shape index (κ1) is 145. The van der Waals surface area contributed by atoms with E-state index < -0.39 is 428 Å². The molecule has 0 nitrogen and oxygen atoms in total. The Hall–Kier alpha value is 8.83. The average Bonchev–Trinajstić information content (AvgIpc) is 0.696. The molecule has 0 amide bonds. The van der Waals surface area contributed by atoms with Crippen LogP contribution in [0.5, 0.6) is 0 Å². The van der Waals surface area contributed by atoms with Gasteiger partial charge in [-0.2, -0.15) is 0 Å². The first-order chi connectivity index (χ1) is 61.8. The maximum absolute atomic E-state index is 7.91. The van der Waals surface area contributed by atoms with E-state index in [4.69, 9.17) is 534 Å². The molecule has 0 saturated carbocycles. The highest BCUT2D eigenvalue weighted by molar-refractivity contribution is 8.48. The summed E-state index contributed by atoms with van der Waals surface area (Å²) in [6.07, 6.45) is -152. The van der Waals surface area contributed by atoms with Gasteiger partial charge in [-0.05, 0) is 0 Å². The van der Waals surface area contributed by atoms with Gasteiger partial charge in [-0.1, -0.05) is 0 Å². The van der Waals surface area contributed by atoms with Crippen LogP contribution in [0.4, 0.5) is 0 Å². The number of rotatable bonds is 66. The second-order valence-electron chi connectivity index (χ2n) is 38.7. The monoisotopic (exact) mass is 1500 g/mol. The molecule has 0 aromatic carbocycles. The van der Waals surface area contributed by atoms with E-state index in [1.807, 2.05) is 0 Å². The normalized spacial score (nSPS) is 9.88. The zero-order valence-electron chi connectivity index (χ0n) is 78.5. The maximum Gasteiger partial charge on any atom is 0 e. The van der Waals surface area contributed by atoms with Crippen LogP contribution in [-0.2, 0) is 0 Å². The first-order valence-corrected chi connectivity index (χ1v) is 45.0. The molecule has 138 radical (unpaired) electrons. The summed E-state index contributed by atoms with van der Waals surface area (Å²) in [6, 6.07) is 0. The van der Waals surface area contributed by atoms with Gasteiger partial charge in [0.2, 0.25) is 0 Å². The predicted molar refractivity (Wildman–Crippen MR) is 783 cm³/mol. The van der Waals surface area contributed by atoms with E-state index in [9.17, 15) is 0 Å². The van der Waals surface area contributed by atoms with Crippen molar-refractivity contribution in [1.82, 2.24) is 0 Å². The molecule has 0 saturated heterocycles. The molecule has 0 N–H and O–H groups in total. The zero-order valence-corrected chi connectivity index (χ0v) is 78.5. The lowest BCUT2D eigenvalue weighted by atomic mass is 8.16. The highest BCUT2D eigenvalue weighted by Crippen LogP contribution is 2.34. The molecule has 0 aromatic rings. The zero-order chi connectivity index (χ0) is 108. The Balaban J connectivity index is 18.0. The summed E-state index contributed by atoms with van der Waals surface area (Å²) in [6.45, 7) is 0. The predicted octanol–water partition coefficient (Wildman–Crippen LogP) is -51.8. The van der Waals surface area contributed by atoms with Crippen molar-refractivity contribution in [1.29, 1.82) is 0 Å². The van der Waals surface area contributed by atoms with Crippen LogP contribution in [0.2, 0.25) is 0 Å². The van der Waals surface area contributed by atoms with Crippen LogP contribution in [0.25, 0.3) is 0 Å². The van der Waals surface area contributed by atoms with Gasteiger partial charge in [0, 0.05) is 962 Å². The van der Waals surface area contributed by atoms with Crippen molar-refractivity contribution >= 4 is 962 Å². The van der Waals surface area contributed by atoms with Gasteiger partial charge in [0.15, 0.2) is 0 Å². The second-order valence-corrected chi connectivity index (χ2v) is 38.7. The highest BCUT2D eigenvalue weighted by atomic mass is 13.5. The first-order valence-electron chi connectivity index (χ1n) is 45.0. The SMILES string of the molecule is [B]B([B])B([B])B(B([B])[B])B(B(B(B([B])[B])B([B])[B])B(B([B])[B])B([B])[B])B(B(B(B([B])[B])B([B])[B])B(B([B])[B])B([B])[B])B(B(B(B(B([B])[B])B([B])[B])B(B([B])[B])B([B])[B])B(B(B([B])[B])B([B])[B])B(B([B])[B])B([B])[B])B(B(B(B(B([B])[B])B([B])[B])B(B([B])[B])B([B])[B])B(B(B([B])[B])B([B])[B])B(B([B])[B])B([B])[B])B(B(B(B([B])[B])B([B])[B])B(B([B])[B])B([B])[B])B(B(B([B])[B])B([B])[B])B(B([B])[B])B([B])[B]. The Kier molecular flexibility index (Phi) is 71.0. The van der Waals surface area contributed by atoms with Crippen molar-refractivity contribution < 1.29 is 0 Å². The summed E-state index contributed by atoms with van der Waals surface area (Å²) in [5, 5.41) is 0. The Labute approximate surface area is 951 Å². The van der Waals surface area contributed by atoms with Crippen molar-refractivity contribution in [2.45, 2.75) is 0 Å². The van der Waals surface area contributed by atoms with E-state index in [0.717, 1.165) is 0 Å². The highest BCUT2D eigenvalue weighted by Gasteiger charge is 2.72. The van der Waals surface area contributed by atoms with Gasteiger partial charge in [0.1, 0.15) is 0 Å². The third-order valence-electron chi connectivity index (χ3n) is 29.3. The smallest absolute Gasteiger partial charge is 0 e. The lowest BCUT2D eigenvalue weighted by molar-refractivity contribution is 3.10. The molecule has 0 spiro atoms. The largest absolute Gasteiger partial charge is 0 e. The summed E-state index contributed by atoms with van der Waals surface area (Å²) in [5.74, 6) is 0. The molecule has 0 aliphatic heterocycles. The van der Waals surface area contributed by atoms with Crippen molar-refractivity contribution in [2.75, 3.05) is 0 Å². The molecule has 0 aromatic heterocycles. The van der Waals surface area contributed by atoms with E-state index in [1.165, 1.54) is 0 Å². The van der Waals surface area contributed by atoms with E-state index >= 15 is 0 Å². The van der Waals surface area contributed by atoms with Gasteiger partial charge in [-0.3, -0.25) is 0 Å². The van der Waals surface area contributed by atoms with Crippen molar-refractivity contribution in [2.24, 2.45) is 0 Å². The van der Waals surface area contributed by atoms with Crippen LogP contribution in [0.1, 0.15) is 0 Å². The maximum atomic E-state index is 7.91. The van der Waals surface area contributed by atoms with Crippen LogP contribution in [0, 0.1) is 0 Å². The number of hydrogen-bond donors (Lipinski definition) is 0. The van der Waals surface area contributed by atoms with Crippen LogP contribution in [-0.4, -0.2) is 962 Å². The van der Waals surface area contributed by atoms with Crippen molar-refractivity contribution in [3.05, 3.63) is 0 Å². The Morgan fingerprint density at radius 3 is 0.132 bits per heavy atom. The van der Waals surface area contributed by atoms with Crippen molar-refractivity contribution in [3.63, 3.8) is 0 Å². The van der Waals surface area contributed by atoms with E-state index in [0.29, 0.717) is 0 Å². The van der Waals surface area contributed by atoms with Crippen LogP contribution in [0.3, 0.4) is 0 Å². The summed E-state index contributed by atoms with van der Waals surface area (Å²) in [5.41, 5.74) is 0. The van der Waals surface area contributed by atoms with Gasteiger partial charge >= 0.3 is 0 Å². The Morgan fingerprint density at radius 2 is 0.0882 bits per heavy atom. The molecular formula is B136. The standard InChI is InChI=1S/B136/c1-70(2)104(69)121(103(67)68)130(122(105(71(3)4)72(5)6)106(73(7)8)74(9)10)134(129(119(99(59)60)100(61)62)120(101(63)64)102(65)66)136(133(127(115(91(43)44)92(45)46)116(93(47)48)94(49)50)128(117(95(51)52)96(53)54)118(97(55)56)98(57)58)135(131(123(107(75(11)12)76(13)14)108(77(15)16)78(17)18)124(109(79(19)20)80(21)22)110(81(23)24)82(25)26)132(125(111(83(27)28)84(29)30)112(85(31)32)86(33)34)126(113(87(35)36)88(37)38)114(89(39)40)90(41)42. The lowest BCUT2D eigenvalue weighted by Crippen LogP contribution is -3.03. The minimum Gasteiger partial charge on any atom is 0 e. The summed E-state index contributed by atoms with van der Waals surface area (Å²) < 4.78 is 0. The average molecular weight is 1470 g/mol. The molecule has 0 bridgehead atoms. The Bertz CT molecular complexity index is 2370. The van der Waals surface area contributed by atoms with Gasteiger partial charge < -0.3 is 0 Å². The Morgan fingerprint density at radius 1 is 0.0441 bits per heavy atom. The number of hydrogen-bond acceptors (Lipinski definition) is 0. The molecular weight excluding hydrogens is 1470 g/mol. The van der Waals surface area contributed by atoms with Crippen LogP contribution >= 0.6 is 0 Å². The molecule has 0 heterocycles. The molecule has 0 unspecified atom stereocenters. The molecule has 0 aliphatic rings. The molecule has 0 aliphatic carbocycles. The fourth-order valence-corrected chi connectivity index (χ4v) is 24.9. The fourth-order valence-electron chi connectivity index (χ4n) is 24.9. The molecule has 136 heavy (non-hydrogen) atoms. The fraction of sp³-hybridized carbons (Fsp3) is 0. The van der Waals surface area contributed by atoms with Gasteiger partial charge in [0.25, 0.3) is 0 Å². The van der Waals surface area contributed by atoms with Crippen LogP contribution < -0.4 is 0 Å². The molecule has 408 valence electrons. The molecule has 0 fully saturated rings. The van der Waals surface area contributed by atoms with E-state index in [1.54, 1.807) is 0 Å². The minimum atomic E-state index is -2.95. The van der Waals surface area contributed by atoms with E-state index in [2.05, 4.69) is 0 Å². The summed E-state index contributed by atoms with van der Waals surface area (Å²) in [7, 11) is 517.